The number of aliphatic hydroxyl groups is 4. The lowest BCUT2D eigenvalue weighted by molar-refractivity contribution is -0.313. The highest BCUT2D eigenvalue weighted by molar-refractivity contribution is 5.25. The van der Waals surface area contributed by atoms with Crippen LogP contribution in [0.1, 0.15) is 112 Å². The van der Waals surface area contributed by atoms with Crippen LogP contribution < -0.4 is 0 Å². The zero-order valence-electron chi connectivity index (χ0n) is 26.7. The van der Waals surface area contributed by atoms with E-state index in [9.17, 15) is 20.4 Å². The van der Waals surface area contributed by atoms with E-state index in [1.54, 1.807) is 0 Å². The standard InChI is InChI=1S/C35H60O6/c1-7-22(20(2)3)9-8-21(4)26-12-13-27-25-11-10-23-18-24(14-16-34(23,5)28(25)15-17-35(26,27)6)40-33-32(39)31(38)30(37)29(19-36)41-33/h10,20-22,24-33,36-39H,7-9,11-19H2,1-6H3/t21-,22-,24+,25-,26-,27+,28+,29-,30-,31+,32-,33-,34+,35+/m1/s1. The van der Waals surface area contributed by atoms with E-state index in [0.717, 1.165) is 60.7 Å². The second kappa shape index (κ2) is 12.5. The van der Waals surface area contributed by atoms with Gasteiger partial charge in [0.05, 0.1) is 12.7 Å². The van der Waals surface area contributed by atoms with E-state index in [1.807, 2.05) is 0 Å². The molecule has 1 aliphatic heterocycles. The Bertz CT molecular complexity index is 918. The summed E-state index contributed by atoms with van der Waals surface area (Å²) < 4.78 is 11.9. The summed E-state index contributed by atoms with van der Waals surface area (Å²) in [5.41, 5.74) is 2.19. The van der Waals surface area contributed by atoms with E-state index in [1.165, 1.54) is 56.9 Å². The molecule has 1 heterocycles. The van der Waals surface area contributed by atoms with Gasteiger partial charge in [-0.25, -0.2) is 0 Å². The van der Waals surface area contributed by atoms with Gasteiger partial charge in [-0.1, -0.05) is 66.0 Å². The minimum absolute atomic E-state index is 0.101. The SMILES string of the molecule is CC[C@H](CC[C@@H](C)[C@H]1CC[C@H]2[C@H]3CC=C4C[C@@H](O[C@@H]5O[C@H](CO)[C@@H](O)[C@H](O)[C@H]5O)CC[C@]4(C)[C@H]3CC[C@@]12C)C(C)C. The molecule has 0 spiro atoms. The van der Waals surface area contributed by atoms with Crippen molar-refractivity contribution >= 4 is 0 Å². The van der Waals surface area contributed by atoms with Gasteiger partial charge >= 0.3 is 0 Å². The second-order valence-corrected chi connectivity index (χ2v) is 15.7. The van der Waals surface area contributed by atoms with Crippen LogP contribution in [0.5, 0.6) is 0 Å². The van der Waals surface area contributed by atoms with E-state index in [0.29, 0.717) is 5.41 Å². The van der Waals surface area contributed by atoms with Crippen molar-refractivity contribution in [1.82, 2.24) is 0 Å². The molecule has 6 heteroatoms. The highest BCUT2D eigenvalue weighted by Gasteiger charge is 2.59. The van der Waals surface area contributed by atoms with Crippen LogP contribution >= 0.6 is 0 Å². The highest BCUT2D eigenvalue weighted by Crippen LogP contribution is 2.67. The van der Waals surface area contributed by atoms with Crippen molar-refractivity contribution in [2.45, 2.75) is 149 Å². The monoisotopic (exact) mass is 576 g/mol. The molecule has 6 nitrogen and oxygen atoms in total. The largest absolute Gasteiger partial charge is 0.394 e. The van der Waals surface area contributed by atoms with Crippen LogP contribution in [0.4, 0.5) is 0 Å². The van der Waals surface area contributed by atoms with Gasteiger partial charge in [-0.3, -0.25) is 0 Å². The van der Waals surface area contributed by atoms with Gasteiger partial charge in [-0.15, -0.1) is 0 Å². The normalized spacial score (nSPS) is 47.7. The van der Waals surface area contributed by atoms with Crippen LogP contribution in [0.2, 0.25) is 0 Å². The van der Waals surface area contributed by atoms with Gasteiger partial charge in [0.25, 0.3) is 0 Å². The van der Waals surface area contributed by atoms with Gasteiger partial charge < -0.3 is 29.9 Å². The first-order valence-electron chi connectivity index (χ1n) is 17.1. The Morgan fingerprint density at radius 3 is 2.39 bits per heavy atom. The first-order chi connectivity index (χ1) is 19.4. The van der Waals surface area contributed by atoms with E-state index in [-0.39, 0.29) is 11.5 Å². The molecule has 14 atom stereocenters. The van der Waals surface area contributed by atoms with Crippen LogP contribution in [-0.4, -0.2) is 63.8 Å². The fourth-order valence-corrected chi connectivity index (χ4v) is 10.8. The van der Waals surface area contributed by atoms with Gasteiger partial charge in [0.2, 0.25) is 0 Å². The van der Waals surface area contributed by atoms with E-state index in [4.69, 9.17) is 9.47 Å². The van der Waals surface area contributed by atoms with Gasteiger partial charge in [0.1, 0.15) is 24.4 Å². The van der Waals surface area contributed by atoms with Crippen LogP contribution in [0.25, 0.3) is 0 Å². The molecule has 0 aromatic rings. The predicted octanol–water partition coefficient (Wildman–Crippen LogP) is 5.85. The molecule has 0 radical (unpaired) electrons. The first kappa shape index (κ1) is 31.9. The fraction of sp³-hybridized carbons (Fsp3) is 0.943. The molecule has 1 saturated heterocycles. The molecule has 236 valence electrons. The van der Waals surface area contributed by atoms with Gasteiger partial charge in [-0.05, 0) is 110 Å². The molecule has 4 aliphatic carbocycles. The third-order valence-corrected chi connectivity index (χ3v) is 13.5. The van der Waals surface area contributed by atoms with E-state index < -0.39 is 37.3 Å². The summed E-state index contributed by atoms with van der Waals surface area (Å²) >= 11 is 0. The molecule has 5 rings (SSSR count). The second-order valence-electron chi connectivity index (χ2n) is 15.7. The maximum Gasteiger partial charge on any atom is 0.186 e. The summed E-state index contributed by atoms with van der Waals surface area (Å²) in [6, 6.07) is 0. The lowest BCUT2D eigenvalue weighted by atomic mass is 9.47. The van der Waals surface area contributed by atoms with Crippen molar-refractivity contribution in [3.63, 3.8) is 0 Å². The Morgan fingerprint density at radius 1 is 0.951 bits per heavy atom. The number of aliphatic hydroxyl groups excluding tert-OH is 4. The first-order valence-corrected chi connectivity index (χ1v) is 17.1. The van der Waals surface area contributed by atoms with Crippen LogP contribution in [0.15, 0.2) is 11.6 Å². The summed E-state index contributed by atoms with van der Waals surface area (Å²) in [6.07, 6.45) is 9.92. The fourth-order valence-electron chi connectivity index (χ4n) is 10.8. The van der Waals surface area contributed by atoms with Gasteiger partial charge in [-0.2, -0.15) is 0 Å². The summed E-state index contributed by atoms with van der Waals surface area (Å²) in [5, 5.41) is 40.4. The van der Waals surface area contributed by atoms with Crippen molar-refractivity contribution in [3.8, 4) is 0 Å². The van der Waals surface area contributed by atoms with Crippen molar-refractivity contribution in [2.24, 2.45) is 52.3 Å². The van der Waals surface area contributed by atoms with Crippen LogP contribution in [0, 0.1) is 52.3 Å². The molecule has 5 aliphatic rings. The molecule has 41 heavy (non-hydrogen) atoms. The molecule has 0 unspecified atom stereocenters. The van der Waals surface area contributed by atoms with Crippen molar-refractivity contribution in [3.05, 3.63) is 11.6 Å². The third kappa shape index (κ3) is 5.73. The Kier molecular flexibility index (Phi) is 9.71. The summed E-state index contributed by atoms with van der Waals surface area (Å²) in [7, 11) is 0. The van der Waals surface area contributed by atoms with E-state index in [2.05, 4.69) is 47.6 Å². The van der Waals surface area contributed by atoms with Crippen molar-refractivity contribution in [2.75, 3.05) is 6.61 Å². The van der Waals surface area contributed by atoms with Gasteiger partial charge in [0.15, 0.2) is 6.29 Å². The zero-order valence-corrected chi connectivity index (χ0v) is 26.7. The third-order valence-electron chi connectivity index (χ3n) is 13.5. The minimum Gasteiger partial charge on any atom is -0.394 e. The number of hydrogen-bond donors (Lipinski definition) is 4. The maximum absolute atomic E-state index is 10.5. The smallest absolute Gasteiger partial charge is 0.186 e. The summed E-state index contributed by atoms with van der Waals surface area (Å²) in [6.45, 7) is 14.5. The van der Waals surface area contributed by atoms with Crippen molar-refractivity contribution < 1.29 is 29.9 Å². The molecular weight excluding hydrogens is 516 g/mol. The Morgan fingerprint density at radius 2 is 1.71 bits per heavy atom. The number of fused-ring (bicyclic) bond motifs is 5. The lowest BCUT2D eigenvalue weighted by Gasteiger charge is -2.58. The molecule has 4 fully saturated rings. The summed E-state index contributed by atoms with van der Waals surface area (Å²) in [5.74, 6) is 5.66. The minimum atomic E-state index is -1.40. The molecule has 0 amide bonds. The summed E-state index contributed by atoms with van der Waals surface area (Å²) in [4.78, 5) is 0. The Labute approximate surface area is 249 Å². The maximum atomic E-state index is 10.5. The molecule has 0 aromatic carbocycles. The Hall–Kier alpha value is -0.500. The topological polar surface area (TPSA) is 99.4 Å². The zero-order chi connectivity index (χ0) is 29.7. The molecule has 0 aromatic heterocycles. The highest BCUT2D eigenvalue weighted by atomic mass is 16.7. The van der Waals surface area contributed by atoms with E-state index >= 15 is 0 Å². The number of ether oxygens (including phenoxy) is 2. The Balaban J connectivity index is 1.24. The number of allylic oxidation sites excluding steroid dienone is 1. The molecule has 0 bridgehead atoms. The molecular formula is C35H60O6. The van der Waals surface area contributed by atoms with Crippen LogP contribution in [-0.2, 0) is 9.47 Å². The lowest BCUT2D eigenvalue weighted by Crippen LogP contribution is -2.60. The van der Waals surface area contributed by atoms with Crippen molar-refractivity contribution in [1.29, 1.82) is 0 Å². The average Bonchev–Trinajstić information content (AvgIpc) is 3.30. The molecule has 3 saturated carbocycles. The molecule has 4 N–H and O–H groups in total. The number of hydrogen-bond acceptors (Lipinski definition) is 6. The van der Waals surface area contributed by atoms with Gasteiger partial charge in [0, 0.05) is 0 Å². The number of rotatable bonds is 9. The van der Waals surface area contributed by atoms with Crippen LogP contribution in [0.3, 0.4) is 0 Å². The quantitative estimate of drug-likeness (QED) is 0.257. The average molecular weight is 577 g/mol. The predicted molar refractivity (Wildman–Crippen MR) is 161 cm³/mol.